The van der Waals surface area contributed by atoms with Crippen LogP contribution in [0.5, 0.6) is 5.75 Å². The van der Waals surface area contributed by atoms with Gasteiger partial charge in [-0.3, -0.25) is 4.79 Å². The molecule has 2 heteroatoms. The number of benzene rings is 1. The van der Waals surface area contributed by atoms with Crippen molar-refractivity contribution in [2.45, 2.75) is 19.3 Å². The van der Waals surface area contributed by atoms with E-state index in [1.807, 2.05) is 24.3 Å². The Kier molecular flexibility index (Phi) is 3.08. The quantitative estimate of drug-likeness (QED) is 0.751. The highest BCUT2D eigenvalue weighted by atomic mass is 16.5. The number of fused-ring (bicyclic) bond motifs is 1. The number of rotatable bonds is 2. The fourth-order valence-electron chi connectivity index (χ4n) is 2.56. The van der Waals surface area contributed by atoms with E-state index in [2.05, 4.69) is 18.2 Å². The van der Waals surface area contributed by atoms with Crippen LogP contribution < -0.4 is 4.74 Å². The lowest BCUT2D eigenvalue weighted by Crippen LogP contribution is -1.97. The third-order valence-corrected chi connectivity index (χ3v) is 3.60. The van der Waals surface area contributed by atoms with Gasteiger partial charge in [0.2, 0.25) is 0 Å². The van der Waals surface area contributed by atoms with Crippen molar-refractivity contribution in [3.63, 3.8) is 0 Å². The van der Waals surface area contributed by atoms with E-state index in [4.69, 9.17) is 4.74 Å². The van der Waals surface area contributed by atoms with Gasteiger partial charge in [0.15, 0.2) is 5.78 Å². The van der Waals surface area contributed by atoms with Crippen LogP contribution in [0.15, 0.2) is 53.6 Å². The predicted octanol–water partition coefficient (Wildman–Crippen LogP) is 3.64. The molecule has 0 saturated carbocycles. The monoisotopic (exact) mass is 252 g/mol. The fraction of sp³-hybridized carbons (Fsp3) is 0.235. The van der Waals surface area contributed by atoms with Gasteiger partial charge in [-0.15, -0.1) is 0 Å². The standard InChI is InChI=1S/C17H16O2/c1-19-15-8-7-13-10-14(17(18)16(13)11-15)9-12-5-3-2-4-6-12/h3,5-9,11H,2,4,10H2,1H3/b14-9-. The second kappa shape index (κ2) is 4.88. The minimum Gasteiger partial charge on any atom is -0.497 e. The zero-order chi connectivity index (χ0) is 13.2. The molecule has 0 fully saturated rings. The maximum atomic E-state index is 12.4. The molecule has 0 aromatic heterocycles. The van der Waals surface area contributed by atoms with E-state index in [1.165, 1.54) is 0 Å². The largest absolute Gasteiger partial charge is 0.497 e. The zero-order valence-corrected chi connectivity index (χ0v) is 11.0. The molecule has 96 valence electrons. The molecule has 2 nitrogen and oxygen atoms in total. The molecule has 1 aromatic rings. The van der Waals surface area contributed by atoms with Crippen molar-refractivity contribution in [3.05, 3.63) is 64.8 Å². The average molecular weight is 252 g/mol. The predicted molar refractivity (Wildman–Crippen MR) is 75.6 cm³/mol. The molecule has 0 bridgehead atoms. The molecular formula is C17H16O2. The number of hydrogen-bond acceptors (Lipinski definition) is 2. The summed E-state index contributed by atoms with van der Waals surface area (Å²) in [6.45, 7) is 0. The van der Waals surface area contributed by atoms with Crippen molar-refractivity contribution < 1.29 is 9.53 Å². The Morgan fingerprint density at radius 1 is 1.26 bits per heavy atom. The molecule has 0 unspecified atom stereocenters. The van der Waals surface area contributed by atoms with Crippen LogP contribution in [0.3, 0.4) is 0 Å². The van der Waals surface area contributed by atoms with Crippen LogP contribution in [0.2, 0.25) is 0 Å². The number of Topliss-reactive ketones (excluding diaryl/α,β-unsaturated/α-hetero) is 1. The first-order chi connectivity index (χ1) is 9.28. The molecule has 0 radical (unpaired) electrons. The molecule has 1 aromatic carbocycles. The first kappa shape index (κ1) is 12.0. The minimum atomic E-state index is 0.133. The summed E-state index contributed by atoms with van der Waals surface area (Å²) in [5.41, 5.74) is 3.90. The number of ketones is 1. The second-order valence-electron chi connectivity index (χ2n) is 4.88. The highest BCUT2D eigenvalue weighted by Crippen LogP contribution is 2.30. The Labute approximate surface area is 113 Å². The number of carbonyl (C=O) groups excluding carboxylic acids is 1. The Hall–Kier alpha value is -2.09. The lowest BCUT2D eigenvalue weighted by molar-refractivity contribution is 0.103. The summed E-state index contributed by atoms with van der Waals surface area (Å²) < 4.78 is 5.18. The topological polar surface area (TPSA) is 26.3 Å². The molecular weight excluding hydrogens is 236 g/mol. The maximum Gasteiger partial charge on any atom is 0.189 e. The summed E-state index contributed by atoms with van der Waals surface area (Å²) in [5.74, 6) is 0.874. The maximum absolute atomic E-state index is 12.4. The van der Waals surface area contributed by atoms with E-state index < -0.39 is 0 Å². The van der Waals surface area contributed by atoms with Gasteiger partial charge in [-0.05, 0) is 42.2 Å². The molecule has 2 aliphatic carbocycles. The molecule has 0 aliphatic heterocycles. The summed E-state index contributed by atoms with van der Waals surface area (Å²) in [5, 5.41) is 0. The van der Waals surface area contributed by atoms with Crippen LogP contribution in [-0.4, -0.2) is 12.9 Å². The van der Waals surface area contributed by atoms with Crippen LogP contribution in [0.1, 0.15) is 28.8 Å². The third kappa shape index (κ3) is 2.26. The van der Waals surface area contributed by atoms with E-state index in [9.17, 15) is 4.79 Å². The summed E-state index contributed by atoms with van der Waals surface area (Å²) >= 11 is 0. The summed E-state index contributed by atoms with van der Waals surface area (Å²) in [4.78, 5) is 12.4. The number of hydrogen-bond donors (Lipinski definition) is 0. The van der Waals surface area contributed by atoms with Crippen LogP contribution in [0.4, 0.5) is 0 Å². The third-order valence-electron chi connectivity index (χ3n) is 3.60. The van der Waals surface area contributed by atoms with Crippen molar-refractivity contribution >= 4 is 5.78 Å². The van der Waals surface area contributed by atoms with Gasteiger partial charge in [-0.2, -0.15) is 0 Å². The van der Waals surface area contributed by atoms with Crippen molar-refractivity contribution in [2.24, 2.45) is 0 Å². The molecule has 0 N–H and O–H groups in total. The average Bonchev–Trinajstić information content (AvgIpc) is 2.76. The molecule has 19 heavy (non-hydrogen) atoms. The van der Waals surface area contributed by atoms with Gasteiger partial charge in [0.25, 0.3) is 0 Å². The van der Waals surface area contributed by atoms with Gasteiger partial charge in [0.05, 0.1) is 7.11 Å². The Morgan fingerprint density at radius 2 is 2.16 bits per heavy atom. The van der Waals surface area contributed by atoms with Crippen molar-refractivity contribution in [3.8, 4) is 5.75 Å². The fourth-order valence-corrected chi connectivity index (χ4v) is 2.56. The molecule has 2 aliphatic rings. The smallest absolute Gasteiger partial charge is 0.189 e. The van der Waals surface area contributed by atoms with Crippen LogP contribution in [0, 0.1) is 0 Å². The van der Waals surface area contributed by atoms with Gasteiger partial charge in [-0.25, -0.2) is 0 Å². The van der Waals surface area contributed by atoms with Gasteiger partial charge in [-0.1, -0.05) is 24.3 Å². The Morgan fingerprint density at radius 3 is 2.89 bits per heavy atom. The Balaban J connectivity index is 1.92. The van der Waals surface area contributed by atoms with Crippen molar-refractivity contribution in [1.29, 1.82) is 0 Å². The molecule has 0 spiro atoms. The van der Waals surface area contributed by atoms with E-state index in [0.717, 1.165) is 47.3 Å². The highest BCUT2D eigenvalue weighted by molar-refractivity contribution is 6.13. The molecule has 0 saturated heterocycles. The molecule has 3 rings (SSSR count). The molecule has 0 heterocycles. The number of methoxy groups -OCH3 is 1. The number of carbonyl (C=O) groups is 1. The van der Waals surface area contributed by atoms with E-state index in [-0.39, 0.29) is 5.78 Å². The highest BCUT2D eigenvalue weighted by Gasteiger charge is 2.25. The van der Waals surface area contributed by atoms with Gasteiger partial charge >= 0.3 is 0 Å². The van der Waals surface area contributed by atoms with Crippen LogP contribution >= 0.6 is 0 Å². The summed E-state index contributed by atoms with van der Waals surface area (Å²) in [6.07, 6.45) is 11.3. The van der Waals surface area contributed by atoms with Gasteiger partial charge in [0, 0.05) is 17.6 Å². The van der Waals surface area contributed by atoms with Crippen LogP contribution in [-0.2, 0) is 6.42 Å². The Bertz CT molecular complexity index is 618. The molecule has 0 amide bonds. The lowest BCUT2D eigenvalue weighted by Gasteiger charge is -2.02. The lowest BCUT2D eigenvalue weighted by atomic mass is 10.0. The normalized spacial score (nSPS) is 19.5. The first-order valence-corrected chi connectivity index (χ1v) is 6.57. The number of ether oxygens (including phenoxy) is 1. The van der Waals surface area contributed by atoms with Crippen molar-refractivity contribution in [1.82, 2.24) is 0 Å². The molecule has 0 atom stereocenters. The van der Waals surface area contributed by atoms with Crippen molar-refractivity contribution in [2.75, 3.05) is 7.11 Å². The van der Waals surface area contributed by atoms with E-state index in [1.54, 1.807) is 7.11 Å². The van der Waals surface area contributed by atoms with Gasteiger partial charge < -0.3 is 4.74 Å². The van der Waals surface area contributed by atoms with E-state index in [0.29, 0.717) is 0 Å². The minimum absolute atomic E-state index is 0.133. The van der Waals surface area contributed by atoms with Gasteiger partial charge in [0.1, 0.15) is 5.75 Å². The summed E-state index contributed by atoms with van der Waals surface area (Å²) in [6, 6.07) is 5.73. The van der Waals surface area contributed by atoms with E-state index >= 15 is 0 Å². The second-order valence-corrected chi connectivity index (χ2v) is 4.88. The number of allylic oxidation sites excluding steroid dienone is 6. The zero-order valence-electron chi connectivity index (χ0n) is 11.0. The van der Waals surface area contributed by atoms with Crippen LogP contribution in [0.25, 0.3) is 0 Å². The first-order valence-electron chi connectivity index (χ1n) is 6.57. The SMILES string of the molecule is COc1ccc2c(c1)C(=O)/C(=C\C1=CCCC=C1)C2. The summed E-state index contributed by atoms with van der Waals surface area (Å²) in [7, 11) is 1.62.